The van der Waals surface area contributed by atoms with E-state index in [0.717, 1.165) is 30.8 Å². The van der Waals surface area contributed by atoms with Crippen molar-refractivity contribution in [3.8, 4) is 11.5 Å². The van der Waals surface area contributed by atoms with Crippen molar-refractivity contribution in [1.29, 1.82) is 0 Å². The van der Waals surface area contributed by atoms with E-state index in [-0.39, 0.29) is 11.3 Å². The lowest BCUT2D eigenvalue weighted by Gasteiger charge is -2.29. The van der Waals surface area contributed by atoms with E-state index in [2.05, 4.69) is 4.90 Å². The molecular weight excluding hydrogens is 448 g/mol. The number of aliphatic hydroxyl groups is 1. The van der Waals surface area contributed by atoms with E-state index in [0.29, 0.717) is 43.2 Å². The number of methoxy groups -OCH3 is 2. The molecule has 2 fully saturated rings. The minimum atomic E-state index is -0.686. The Hall–Kier alpha value is -3.36. The largest absolute Gasteiger partial charge is 0.507 e. The summed E-state index contributed by atoms with van der Waals surface area (Å²) >= 11 is 0. The van der Waals surface area contributed by atoms with Gasteiger partial charge in [-0.05, 0) is 37.1 Å². The van der Waals surface area contributed by atoms with Gasteiger partial charge in [0.25, 0.3) is 11.7 Å². The van der Waals surface area contributed by atoms with Crippen LogP contribution in [0.3, 0.4) is 0 Å². The molecule has 0 saturated carbocycles. The number of carbonyl (C=O) groups is 2. The molecule has 1 atom stereocenters. The number of aryl methyl sites for hydroxylation is 1. The molecule has 1 N–H and O–H groups in total. The van der Waals surface area contributed by atoms with Crippen LogP contribution in [0.25, 0.3) is 5.76 Å². The van der Waals surface area contributed by atoms with Gasteiger partial charge in [-0.2, -0.15) is 0 Å². The zero-order valence-corrected chi connectivity index (χ0v) is 20.5. The number of nitrogens with zero attached hydrogens (tertiary/aromatic N) is 2. The SMILES string of the molecule is COc1ccc(C(O)=C2C(=O)C(=O)N(CCCN3CCOCC3)[C@H]2c2ccc(C)cc2)cc1OC. The molecule has 8 heteroatoms. The highest BCUT2D eigenvalue weighted by molar-refractivity contribution is 6.46. The molecule has 2 aliphatic heterocycles. The Balaban J connectivity index is 1.69. The van der Waals surface area contributed by atoms with Gasteiger partial charge in [-0.15, -0.1) is 0 Å². The third-order valence-corrected chi connectivity index (χ3v) is 6.57. The molecule has 2 aromatic rings. The van der Waals surface area contributed by atoms with Crippen LogP contribution < -0.4 is 9.47 Å². The number of benzene rings is 2. The molecule has 186 valence electrons. The minimum Gasteiger partial charge on any atom is -0.507 e. The highest BCUT2D eigenvalue weighted by Crippen LogP contribution is 2.40. The molecular formula is C27H32N2O6. The minimum absolute atomic E-state index is 0.0810. The summed E-state index contributed by atoms with van der Waals surface area (Å²) in [5.74, 6) is -0.592. The van der Waals surface area contributed by atoms with Crippen LogP contribution in [-0.4, -0.2) is 80.2 Å². The molecule has 2 heterocycles. The van der Waals surface area contributed by atoms with E-state index in [1.165, 1.54) is 14.2 Å². The highest BCUT2D eigenvalue weighted by atomic mass is 16.5. The number of Topliss-reactive ketones (excluding diaryl/α,β-unsaturated/α-hetero) is 1. The van der Waals surface area contributed by atoms with Gasteiger partial charge in [0.1, 0.15) is 5.76 Å². The first-order valence-corrected chi connectivity index (χ1v) is 11.8. The van der Waals surface area contributed by atoms with Crippen LogP contribution in [-0.2, 0) is 14.3 Å². The van der Waals surface area contributed by atoms with Gasteiger partial charge in [0.15, 0.2) is 11.5 Å². The van der Waals surface area contributed by atoms with E-state index in [1.807, 2.05) is 31.2 Å². The Morgan fingerprint density at radius 2 is 1.69 bits per heavy atom. The van der Waals surface area contributed by atoms with Gasteiger partial charge in [0.2, 0.25) is 0 Å². The lowest BCUT2D eigenvalue weighted by atomic mass is 9.94. The quantitative estimate of drug-likeness (QED) is 0.353. The van der Waals surface area contributed by atoms with Crippen molar-refractivity contribution in [1.82, 2.24) is 9.80 Å². The van der Waals surface area contributed by atoms with E-state index in [9.17, 15) is 14.7 Å². The standard InChI is InChI=1S/C27H32N2O6/c1-18-5-7-19(8-6-18)24-23(25(30)20-9-10-21(33-2)22(17-20)34-3)26(31)27(32)29(24)12-4-11-28-13-15-35-16-14-28/h5-10,17,24,30H,4,11-16H2,1-3H3/t24-/m0/s1. The monoisotopic (exact) mass is 480 g/mol. The summed E-state index contributed by atoms with van der Waals surface area (Å²) in [5.41, 5.74) is 2.31. The summed E-state index contributed by atoms with van der Waals surface area (Å²) in [6.07, 6.45) is 0.714. The highest BCUT2D eigenvalue weighted by Gasteiger charge is 2.45. The molecule has 8 nitrogen and oxygen atoms in total. The maximum absolute atomic E-state index is 13.2. The van der Waals surface area contributed by atoms with Crippen LogP contribution in [0.1, 0.15) is 29.2 Å². The Morgan fingerprint density at radius 1 is 1.00 bits per heavy atom. The van der Waals surface area contributed by atoms with E-state index in [1.54, 1.807) is 23.1 Å². The fourth-order valence-corrected chi connectivity index (χ4v) is 4.63. The maximum atomic E-state index is 13.2. The third-order valence-electron chi connectivity index (χ3n) is 6.57. The van der Waals surface area contributed by atoms with Crippen LogP contribution in [0.5, 0.6) is 11.5 Å². The summed E-state index contributed by atoms with van der Waals surface area (Å²) in [6.45, 7) is 6.33. The smallest absolute Gasteiger partial charge is 0.295 e. The fraction of sp³-hybridized carbons (Fsp3) is 0.407. The summed E-state index contributed by atoms with van der Waals surface area (Å²) in [5, 5.41) is 11.3. The summed E-state index contributed by atoms with van der Waals surface area (Å²) < 4.78 is 16.1. The van der Waals surface area contributed by atoms with Gasteiger partial charge in [-0.1, -0.05) is 29.8 Å². The van der Waals surface area contributed by atoms with E-state index < -0.39 is 17.7 Å². The first-order chi connectivity index (χ1) is 16.9. The Labute approximate surface area is 205 Å². The molecule has 0 aliphatic carbocycles. The summed E-state index contributed by atoms with van der Waals surface area (Å²) in [4.78, 5) is 30.3. The van der Waals surface area contributed by atoms with Gasteiger partial charge in [-0.3, -0.25) is 14.5 Å². The number of amides is 1. The molecule has 2 saturated heterocycles. The normalized spacial score (nSPS) is 20.3. The van der Waals surface area contributed by atoms with E-state index in [4.69, 9.17) is 14.2 Å². The number of ether oxygens (including phenoxy) is 3. The molecule has 0 unspecified atom stereocenters. The van der Waals surface area contributed by atoms with Gasteiger partial charge in [0.05, 0.1) is 39.0 Å². The Bertz CT molecular complexity index is 1110. The van der Waals surface area contributed by atoms with Gasteiger partial charge in [-0.25, -0.2) is 0 Å². The Morgan fingerprint density at radius 3 is 2.34 bits per heavy atom. The molecule has 0 bridgehead atoms. The lowest BCUT2D eigenvalue weighted by molar-refractivity contribution is -0.140. The summed E-state index contributed by atoms with van der Waals surface area (Å²) in [6, 6.07) is 11.9. The van der Waals surface area contributed by atoms with Crippen molar-refractivity contribution in [3.63, 3.8) is 0 Å². The second-order valence-electron chi connectivity index (χ2n) is 8.78. The molecule has 0 aromatic heterocycles. The van der Waals surface area contributed by atoms with Crippen LogP contribution in [0, 0.1) is 6.92 Å². The second-order valence-corrected chi connectivity index (χ2v) is 8.78. The van der Waals surface area contributed by atoms with Crippen LogP contribution in [0.4, 0.5) is 0 Å². The molecule has 4 rings (SSSR count). The Kier molecular flexibility index (Phi) is 7.73. The topological polar surface area (TPSA) is 88.5 Å². The molecule has 35 heavy (non-hydrogen) atoms. The zero-order chi connectivity index (χ0) is 24.9. The molecule has 0 spiro atoms. The number of aliphatic hydroxyl groups excluding tert-OH is 1. The molecule has 2 aromatic carbocycles. The number of ketones is 1. The molecule has 2 aliphatic rings. The lowest BCUT2D eigenvalue weighted by Crippen LogP contribution is -2.38. The second kappa shape index (κ2) is 10.9. The first kappa shape index (κ1) is 24.8. The first-order valence-electron chi connectivity index (χ1n) is 11.8. The number of hydrogen-bond acceptors (Lipinski definition) is 7. The van der Waals surface area contributed by atoms with Gasteiger partial charge in [0, 0.05) is 31.7 Å². The van der Waals surface area contributed by atoms with Crippen LogP contribution >= 0.6 is 0 Å². The van der Waals surface area contributed by atoms with Crippen LogP contribution in [0.15, 0.2) is 48.0 Å². The number of likely N-dealkylation sites (tertiary alicyclic amines) is 1. The number of carbonyl (C=O) groups excluding carboxylic acids is 2. The molecule has 1 amide bonds. The van der Waals surface area contributed by atoms with Crippen molar-refractivity contribution >= 4 is 17.4 Å². The van der Waals surface area contributed by atoms with Crippen molar-refractivity contribution in [2.75, 3.05) is 53.6 Å². The van der Waals surface area contributed by atoms with E-state index >= 15 is 0 Å². The average Bonchev–Trinajstić information content (AvgIpc) is 3.14. The van der Waals surface area contributed by atoms with Crippen molar-refractivity contribution in [3.05, 3.63) is 64.7 Å². The van der Waals surface area contributed by atoms with Crippen molar-refractivity contribution in [2.45, 2.75) is 19.4 Å². The predicted molar refractivity (Wildman–Crippen MR) is 132 cm³/mol. The number of rotatable bonds is 8. The summed E-state index contributed by atoms with van der Waals surface area (Å²) in [7, 11) is 3.03. The fourth-order valence-electron chi connectivity index (χ4n) is 4.63. The predicted octanol–water partition coefficient (Wildman–Crippen LogP) is 3.16. The maximum Gasteiger partial charge on any atom is 0.295 e. The number of morpholine rings is 1. The zero-order valence-electron chi connectivity index (χ0n) is 20.5. The number of hydrogen-bond donors (Lipinski definition) is 1. The van der Waals surface area contributed by atoms with Gasteiger partial charge < -0.3 is 24.2 Å². The third kappa shape index (κ3) is 5.18. The molecule has 0 radical (unpaired) electrons. The van der Waals surface area contributed by atoms with Crippen molar-refractivity contribution < 1.29 is 28.9 Å². The average molecular weight is 481 g/mol. The van der Waals surface area contributed by atoms with Crippen molar-refractivity contribution in [2.24, 2.45) is 0 Å². The van der Waals surface area contributed by atoms with Crippen LogP contribution in [0.2, 0.25) is 0 Å². The van der Waals surface area contributed by atoms with Gasteiger partial charge >= 0.3 is 0 Å².